The van der Waals surface area contributed by atoms with E-state index >= 15 is 0 Å². The van der Waals surface area contributed by atoms with Crippen LogP contribution in [0.1, 0.15) is 50.7 Å². The number of hydrogen-bond acceptors (Lipinski definition) is 2. The first-order valence-electron chi connectivity index (χ1n) is 10.7. The standard InChI is InChI=1S/C25H30ClF3N2/c1-16-6-5-7-21(12-16)18(3)31(22-10-9-20(14-22)17(2)30-4)15-19-8-11-24(26)23(13-19)25(27,28)29/h5-6,8,11,13,17,20,22,30H,3,7,9-10,14-15H2,1-2,4H3/t17?,20?,22-/m1/s1. The average Bonchev–Trinajstić information content (AvgIpc) is 3.21. The number of rotatable bonds is 7. The van der Waals surface area contributed by atoms with Gasteiger partial charge in [0.1, 0.15) is 0 Å². The predicted molar refractivity (Wildman–Crippen MR) is 121 cm³/mol. The third-order valence-corrected chi connectivity index (χ3v) is 6.80. The first-order valence-corrected chi connectivity index (χ1v) is 11.1. The third kappa shape index (κ3) is 5.65. The van der Waals surface area contributed by atoms with Crippen LogP contribution in [-0.4, -0.2) is 24.0 Å². The summed E-state index contributed by atoms with van der Waals surface area (Å²) in [6, 6.07) is 4.80. The third-order valence-electron chi connectivity index (χ3n) is 6.47. The molecule has 0 amide bonds. The van der Waals surface area contributed by atoms with Gasteiger partial charge in [-0.3, -0.25) is 0 Å². The maximum Gasteiger partial charge on any atom is 0.417 e. The van der Waals surface area contributed by atoms with Crippen molar-refractivity contribution in [2.75, 3.05) is 7.05 Å². The molecule has 6 heteroatoms. The minimum absolute atomic E-state index is 0.221. The molecule has 1 fully saturated rings. The highest BCUT2D eigenvalue weighted by Gasteiger charge is 2.35. The number of allylic oxidation sites excluding steroid dienone is 3. The quantitative estimate of drug-likeness (QED) is 0.455. The van der Waals surface area contributed by atoms with Crippen molar-refractivity contribution >= 4 is 11.6 Å². The van der Waals surface area contributed by atoms with Crippen molar-refractivity contribution in [3.8, 4) is 0 Å². The Bertz CT molecular complexity index is 925. The minimum Gasteiger partial charge on any atom is -0.364 e. The summed E-state index contributed by atoms with van der Waals surface area (Å²) in [5.74, 6) is 0.527. The van der Waals surface area contributed by atoms with Gasteiger partial charge < -0.3 is 10.2 Å². The topological polar surface area (TPSA) is 15.3 Å². The maximum atomic E-state index is 13.4. The molecule has 2 aliphatic carbocycles. The Labute approximate surface area is 188 Å². The molecule has 0 saturated heterocycles. The summed E-state index contributed by atoms with van der Waals surface area (Å²) in [5.41, 5.74) is 6.04. The average molecular weight is 451 g/mol. The maximum absolute atomic E-state index is 13.4. The second-order valence-corrected chi connectivity index (χ2v) is 8.99. The van der Waals surface area contributed by atoms with Gasteiger partial charge in [-0.25, -0.2) is 0 Å². The molecule has 2 nitrogen and oxygen atoms in total. The monoisotopic (exact) mass is 450 g/mol. The Morgan fingerprint density at radius 1 is 1.35 bits per heavy atom. The first kappa shape index (κ1) is 23.7. The zero-order valence-corrected chi connectivity index (χ0v) is 19.1. The summed E-state index contributed by atoms with van der Waals surface area (Å²) in [5, 5.41) is 3.06. The highest BCUT2D eigenvalue weighted by Crippen LogP contribution is 2.38. The van der Waals surface area contributed by atoms with Gasteiger partial charge in [-0.2, -0.15) is 13.2 Å². The summed E-state index contributed by atoms with van der Waals surface area (Å²) in [6.07, 6.45) is 3.40. The van der Waals surface area contributed by atoms with Gasteiger partial charge in [0.05, 0.1) is 10.6 Å². The van der Waals surface area contributed by atoms with E-state index < -0.39 is 11.7 Å². The summed E-state index contributed by atoms with van der Waals surface area (Å²) in [7, 11) is 1.97. The fourth-order valence-corrected chi connectivity index (χ4v) is 4.77. The normalized spacial score (nSPS) is 22.2. The number of benzene rings is 1. The van der Waals surface area contributed by atoms with Crippen molar-refractivity contribution in [1.82, 2.24) is 10.2 Å². The van der Waals surface area contributed by atoms with E-state index in [-0.39, 0.29) is 11.1 Å². The van der Waals surface area contributed by atoms with Crippen molar-refractivity contribution in [3.05, 3.63) is 75.7 Å². The van der Waals surface area contributed by atoms with Crippen molar-refractivity contribution in [2.45, 2.75) is 64.3 Å². The van der Waals surface area contributed by atoms with Crippen LogP contribution in [0.5, 0.6) is 0 Å². The van der Waals surface area contributed by atoms with Crippen LogP contribution in [0.25, 0.3) is 0 Å². The fraction of sp³-hybridized carbons (Fsp3) is 0.480. The van der Waals surface area contributed by atoms with Crippen molar-refractivity contribution in [3.63, 3.8) is 0 Å². The van der Waals surface area contributed by atoms with E-state index in [0.29, 0.717) is 24.1 Å². The lowest BCUT2D eigenvalue weighted by molar-refractivity contribution is -0.137. The molecule has 0 radical (unpaired) electrons. The van der Waals surface area contributed by atoms with Gasteiger partial charge in [-0.15, -0.1) is 5.73 Å². The molecule has 0 spiro atoms. The number of alkyl halides is 3. The predicted octanol–water partition coefficient (Wildman–Crippen LogP) is 6.88. The molecule has 3 atom stereocenters. The van der Waals surface area contributed by atoms with Gasteiger partial charge >= 0.3 is 6.18 Å². The van der Waals surface area contributed by atoms with Crippen LogP contribution in [0.4, 0.5) is 13.2 Å². The zero-order chi connectivity index (χ0) is 22.8. The Hall–Kier alpha value is -1.94. The molecule has 2 aliphatic rings. The molecule has 0 heterocycles. The highest BCUT2D eigenvalue weighted by atomic mass is 35.5. The Kier molecular flexibility index (Phi) is 7.41. The van der Waals surface area contributed by atoms with Gasteiger partial charge in [0, 0.05) is 36.3 Å². The second-order valence-electron chi connectivity index (χ2n) is 8.58. The van der Waals surface area contributed by atoms with Crippen LogP contribution in [0.15, 0.2) is 59.5 Å². The first-order chi connectivity index (χ1) is 14.6. The van der Waals surface area contributed by atoms with Crippen LogP contribution < -0.4 is 5.32 Å². The molecule has 1 N–H and O–H groups in total. The molecule has 168 valence electrons. The molecular weight excluding hydrogens is 421 g/mol. The van der Waals surface area contributed by atoms with E-state index in [1.54, 1.807) is 6.07 Å². The fourth-order valence-electron chi connectivity index (χ4n) is 4.54. The molecule has 31 heavy (non-hydrogen) atoms. The van der Waals surface area contributed by atoms with E-state index in [9.17, 15) is 13.2 Å². The number of halogens is 4. The summed E-state index contributed by atoms with van der Waals surface area (Å²) < 4.78 is 40.2. The summed E-state index contributed by atoms with van der Waals surface area (Å²) in [4.78, 5) is 2.18. The number of nitrogens with zero attached hydrogens (tertiary/aromatic N) is 1. The van der Waals surface area contributed by atoms with E-state index in [0.717, 1.165) is 42.5 Å². The van der Waals surface area contributed by atoms with E-state index in [1.807, 2.05) is 20.0 Å². The smallest absolute Gasteiger partial charge is 0.364 e. The molecule has 3 rings (SSSR count). The Morgan fingerprint density at radius 3 is 2.74 bits per heavy atom. The van der Waals surface area contributed by atoms with Crippen LogP contribution in [0, 0.1) is 5.92 Å². The largest absolute Gasteiger partial charge is 0.417 e. The molecule has 0 bridgehead atoms. The molecule has 0 aromatic heterocycles. The van der Waals surface area contributed by atoms with Crippen molar-refractivity contribution < 1.29 is 13.2 Å². The SMILES string of the molecule is C=C(C1=C=C(C)C=CC1)N(Cc1ccc(Cl)c(C(F)(F)F)c1)[C@@H]1CCC(C(C)NC)C1. The Balaban J connectivity index is 1.92. The van der Waals surface area contributed by atoms with Gasteiger partial charge in [0.25, 0.3) is 0 Å². The molecule has 1 aromatic rings. The van der Waals surface area contributed by atoms with Gasteiger partial charge in [-0.05, 0) is 69.3 Å². The van der Waals surface area contributed by atoms with E-state index in [2.05, 4.69) is 35.5 Å². The van der Waals surface area contributed by atoms with Gasteiger partial charge in [-0.1, -0.05) is 36.4 Å². The second kappa shape index (κ2) is 9.68. The van der Waals surface area contributed by atoms with E-state index in [1.165, 1.54) is 12.1 Å². The number of nitrogens with one attached hydrogen (secondary N) is 1. The van der Waals surface area contributed by atoms with Gasteiger partial charge in [0.15, 0.2) is 0 Å². The summed E-state index contributed by atoms with van der Waals surface area (Å²) >= 11 is 5.83. The Morgan fingerprint density at radius 2 is 2.10 bits per heavy atom. The molecule has 0 aliphatic heterocycles. The molecule has 2 unspecified atom stereocenters. The minimum atomic E-state index is -4.48. The van der Waals surface area contributed by atoms with Crippen molar-refractivity contribution in [1.29, 1.82) is 0 Å². The van der Waals surface area contributed by atoms with Crippen LogP contribution >= 0.6 is 11.6 Å². The molecule has 1 saturated carbocycles. The molecule has 1 aromatic carbocycles. The highest BCUT2D eigenvalue weighted by molar-refractivity contribution is 6.31. The lowest BCUT2D eigenvalue weighted by atomic mass is 9.98. The van der Waals surface area contributed by atoms with Gasteiger partial charge in [0.2, 0.25) is 0 Å². The van der Waals surface area contributed by atoms with Crippen LogP contribution in [0.3, 0.4) is 0 Å². The van der Waals surface area contributed by atoms with Crippen LogP contribution in [-0.2, 0) is 12.7 Å². The molecular formula is C25H30ClF3N2. The van der Waals surface area contributed by atoms with Crippen molar-refractivity contribution in [2.24, 2.45) is 5.92 Å². The van der Waals surface area contributed by atoms with E-state index in [4.69, 9.17) is 11.6 Å². The van der Waals surface area contributed by atoms with Crippen LogP contribution in [0.2, 0.25) is 5.02 Å². The number of hydrogen-bond donors (Lipinski definition) is 1. The summed E-state index contributed by atoms with van der Waals surface area (Å²) in [6.45, 7) is 8.88. The lowest BCUT2D eigenvalue weighted by Gasteiger charge is -2.34. The zero-order valence-electron chi connectivity index (χ0n) is 18.3. The lowest BCUT2D eigenvalue weighted by Crippen LogP contribution is -2.35.